The SMILES string of the molecule is CCCCN(CC)S(=O)(=O)c1ccc(C(=O)N(CCN(CC)CC)c2nc3cc4c(cc3s2)OCCO4)cc1.Cl. The molecule has 0 fully saturated rings. The van der Waals surface area contributed by atoms with Crippen LogP contribution in [-0.4, -0.2) is 81.0 Å². The Hall–Kier alpha value is -2.44. The van der Waals surface area contributed by atoms with E-state index in [0.717, 1.165) is 36.1 Å². The lowest BCUT2D eigenvalue weighted by Crippen LogP contribution is -2.39. The predicted octanol–water partition coefficient (Wildman–Crippen LogP) is 5.29. The normalized spacial score (nSPS) is 13.1. The van der Waals surface area contributed by atoms with Crippen molar-refractivity contribution in [2.45, 2.75) is 45.4 Å². The number of thiazole rings is 1. The molecule has 1 amide bonds. The Morgan fingerprint density at radius 2 is 1.57 bits per heavy atom. The maximum absolute atomic E-state index is 13.8. The van der Waals surface area contributed by atoms with E-state index in [1.165, 1.54) is 27.8 Å². The van der Waals surface area contributed by atoms with Gasteiger partial charge in [0.05, 0.1) is 15.1 Å². The fraction of sp³-hybridized carbons (Fsp3) is 0.500. The van der Waals surface area contributed by atoms with Crippen LogP contribution in [0.25, 0.3) is 10.2 Å². The first-order valence-electron chi connectivity index (χ1n) is 13.7. The number of nitrogens with zero attached hydrogens (tertiary/aromatic N) is 4. The van der Waals surface area contributed by atoms with Crippen LogP contribution in [0, 0.1) is 0 Å². The molecule has 220 valence electrons. The zero-order chi connectivity index (χ0) is 28.0. The molecule has 0 bridgehead atoms. The van der Waals surface area contributed by atoms with Gasteiger partial charge in [-0.2, -0.15) is 4.31 Å². The average molecular weight is 611 g/mol. The summed E-state index contributed by atoms with van der Waals surface area (Å²) in [6.45, 7) is 12.8. The number of unbranched alkanes of at least 4 members (excludes halogenated alkanes) is 1. The van der Waals surface area contributed by atoms with E-state index >= 15 is 0 Å². The largest absolute Gasteiger partial charge is 0.486 e. The minimum absolute atomic E-state index is 0. The fourth-order valence-electron chi connectivity index (χ4n) is 4.49. The standard InChI is InChI=1S/C28H38N4O5S2.ClH/c1-5-9-14-31(8-4)39(34,35)22-12-10-21(11-13-22)27(33)32(16-15-30(6-2)7-3)28-29-23-19-24-25(20-26(23)38-28)37-18-17-36-24;/h10-13,19-20H,5-9,14-18H2,1-4H3;1H. The number of aromatic nitrogens is 1. The van der Waals surface area contributed by atoms with Crippen molar-refractivity contribution >= 4 is 55.0 Å². The molecule has 4 rings (SSSR count). The van der Waals surface area contributed by atoms with Crippen LogP contribution in [0.4, 0.5) is 5.13 Å². The molecule has 0 aliphatic carbocycles. The lowest BCUT2D eigenvalue weighted by atomic mass is 10.2. The second-order valence-corrected chi connectivity index (χ2v) is 12.3. The van der Waals surface area contributed by atoms with Gasteiger partial charge in [0, 0.05) is 43.9 Å². The van der Waals surface area contributed by atoms with Gasteiger partial charge in [-0.15, -0.1) is 12.4 Å². The highest BCUT2D eigenvalue weighted by Crippen LogP contribution is 2.39. The van der Waals surface area contributed by atoms with E-state index in [0.29, 0.717) is 61.6 Å². The second kappa shape index (κ2) is 14.5. The lowest BCUT2D eigenvalue weighted by molar-refractivity contribution is 0.0983. The van der Waals surface area contributed by atoms with Gasteiger partial charge in [-0.3, -0.25) is 9.69 Å². The lowest BCUT2D eigenvalue weighted by Gasteiger charge is -2.25. The number of hydrogen-bond donors (Lipinski definition) is 0. The fourth-order valence-corrected chi connectivity index (χ4v) is 6.98. The Morgan fingerprint density at radius 1 is 0.925 bits per heavy atom. The van der Waals surface area contributed by atoms with Gasteiger partial charge in [-0.1, -0.05) is 45.5 Å². The number of hydrogen-bond acceptors (Lipinski definition) is 8. The predicted molar refractivity (Wildman–Crippen MR) is 163 cm³/mol. The molecule has 2 aromatic carbocycles. The van der Waals surface area contributed by atoms with Crippen molar-refractivity contribution in [1.29, 1.82) is 0 Å². The third-order valence-electron chi connectivity index (χ3n) is 6.90. The molecule has 40 heavy (non-hydrogen) atoms. The summed E-state index contributed by atoms with van der Waals surface area (Å²) in [6, 6.07) is 10.0. The first-order valence-corrected chi connectivity index (χ1v) is 15.9. The van der Waals surface area contributed by atoms with Crippen molar-refractivity contribution in [3.05, 3.63) is 42.0 Å². The summed E-state index contributed by atoms with van der Waals surface area (Å²) < 4.78 is 40.1. The maximum Gasteiger partial charge on any atom is 0.260 e. The van der Waals surface area contributed by atoms with Crippen molar-refractivity contribution in [1.82, 2.24) is 14.2 Å². The molecule has 2 heterocycles. The molecule has 1 aromatic heterocycles. The number of carbonyl (C=O) groups excluding carboxylic acids is 1. The van der Waals surface area contributed by atoms with Crippen LogP contribution >= 0.6 is 23.7 Å². The van der Waals surface area contributed by atoms with E-state index in [-0.39, 0.29) is 23.2 Å². The topological polar surface area (TPSA) is 92.3 Å². The molecule has 3 aromatic rings. The minimum Gasteiger partial charge on any atom is -0.486 e. The van der Waals surface area contributed by atoms with E-state index in [4.69, 9.17) is 14.5 Å². The number of sulfonamides is 1. The van der Waals surface area contributed by atoms with Gasteiger partial charge in [-0.05, 0) is 43.8 Å². The van der Waals surface area contributed by atoms with Crippen LogP contribution in [0.15, 0.2) is 41.3 Å². The number of likely N-dealkylation sites (N-methyl/N-ethyl adjacent to an activating group) is 1. The van der Waals surface area contributed by atoms with Gasteiger partial charge in [0.15, 0.2) is 16.6 Å². The van der Waals surface area contributed by atoms with Gasteiger partial charge in [-0.25, -0.2) is 13.4 Å². The number of anilines is 1. The molecule has 12 heteroatoms. The third-order valence-corrected chi connectivity index (χ3v) is 9.93. The number of amides is 1. The van der Waals surface area contributed by atoms with E-state index in [9.17, 15) is 13.2 Å². The zero-order valence-corrected chi connectivity index (χ0v) is 26.0. The van der Waals surface area contributed by atoms with Crippen molar-refractivity contribution in [3.63, 3.8) is 0 Å². The van der Waals surface area contributed by atoms with Crippen LogP contribution in [0.1, 0.15) is 50.9 Å². The van der Waals surface area contributed by atoms with Crippen LogP contribution < -0.4 is 14.4 Å². The smallest absolute Gasteiger partial charge is 0.260 e. The second-order valence-electron chi connectivity index (χ2n) is 9.32. The molecule has 0 radical (unpaired) electrons. The number of halogens is 1. The summed E-state index contributed by atoms with van der Waals surface area (Å²) in [4.78, 5) is 22.7. The Balaban J connectivity index is 0.00000441. The van der Waals surface area contributed by atoms with Crippen molar-refractivity contribution in [3.8, 4) is 11.5 Å². The van der Waals surface area contributed by atoms with E-state index < -0.39 is 10.0 Å². The van der Waals surface area contributed by atoms with Crippen LogP contribution in [0.5, 0.6) is 11.5 Å². The van der Waals surface area contributed by atoms with E-state index in [2.05, 4.69) is 18.7 Å². The van der Waals surface area contributed by atoms with Crippen molar-refractivity contribution < 1.29 is 22.7 Å². The number of benzene rings is 2. The third kappa shape index (κ3) is 7.06. The molecular weight excluding hydrogens is 572 g/mol. The number of fused-ring (bicyclic) bond motifs is 2. The number of carbonyl (C=O) groups is 1. The summed E-state index contributed by atoms with van der Waals surface area (Å²) in [7, 11) is -3.62. The van der Waals surface area contributed by atoms with Crippen LogP contribution in [-0.2, 0) is 10.0 Å². The van der Waals surface area contributed by atoms with Crippen molar-refractivity contribution in [2.75, 3.05) is 57.4 Å². The van der Waals surface area contributed by atoms with E-state index in [1.54, 1.807) is 17.0 Å². The number of ether oxygens (including phenoxy) is 2. The van der Waals surface area contributed by atoms with Gasteiger partial charge in [0.25, 0.3) is 5.91 Å². The van der Waals surface area contributed by atoms with Crippen LogP contribution in [0.3, 0.4) is 0 Å². The van der Waals surface area contributed by atoms with Gasteiger partial charge < -0.3 is 14.4 Å². The number of rotatable bonds is 13. The molecule has 0 N–H and O–H groups in total. The first kappa shape index (κ1) is 32.1. The Bertz CT molecular complexity index is 1330. The Morgan fingerprint density at radius 3 is 2.17 bits per heavy atom. The zero-order valence-electron chi connectivity index (χ0n) is 23.6. The Labute approximate surface area is 247 Å². The molecule has 0 unspecified atom stereocenters. The van der Waals surface area contributed by atoms with Crippen molar-refractivity contribution in [2.24, 2.45) is 0 Å². The summed E-state index contributed by atoms with van der Waals surface area (Å²) in [5.74, 6) is 1.12. The molecule has 9 nitrogen and oxygen atoms in total. The Kier molecular flexibility index (Phi) is 11.6. The van der Waals surface area contributed by atoms with E-state index in [1.807, 2.05) is 26.0 Å². The highest BCUT2D eigenvalue weighted by molar-refractivity contribution is 7.89. The molecule has 1 aliphatic rings. The van der Waals surface area contributed by atoms with Gasteiger partial charge >= 0.3 is 0 Å². The van der Waals surface area contributed by atoms with Crippen LogP contribution in [0.2, 0.25) is 0 Å². The average Bonchev–Trinajstić information content (AvgIpc) is 3.36. The quantitative estimate of drug-likeness (QED) is 0.260. The summed E-state index contributed by atoms with van der Waals surface area (Å²) in [5, 5.41) is 0.581. The van der Waals surface area contributed by atoms with Gasteiger partial charge in [0.1, 0.15) is 13.2 Å². The molecule has 0 saturated carbocycles. The molecule has 0 saturated heterocycles. The maximum atomic E-state index is 13.8. The summed E-state index contributed by atoms with van der Waals surface area (Å²) in [5.41, 5.74) is 1.16. The highest BCUT2D eigenvalue weighted by atomic mass is 35.5. The summed E-state index contributed by atoms with van der Waals surface area (Å²) >= 11 is 1.43. The van der Waals surface area contributed by atoms with Gasteiger partial charge in [0.2, 0.25) is 10.0 Å². The molecule has 1 aliphatic heterocycles. The summed E-state index contributed by atoms with van der Waals surface area (Å²) in [6.07, 6.45) is 1.71. The highest BCUT2D eigenvalue weighted by Gasteiger charge is 2.26. The molecule has 0 spiro atoms. The first-order chi connectivity index (χ1) is 18.8. The minimum atomic E-state index is -3.62. The molecule has 0 atom stereocenters. The molecular formula is C28H39ClN4O5S2. The monoisotopic (exact) mass is 610 g/mol.